The summed E-state index contributed by atoms with van der Waals surface area (Å²) in [4.78, 5) is 23.9. The van der Waals surface area contributed by atoms with Gasteiger partial charge in [-0.15, -0.1) is 0 Å². The first-order valence-corrected chi connectivity index (χ1v) is 11.1. The smallest absolute Gasteiger partial charge is 0.280 e. The van der Waals surface area contributed by atoms with E-state index in [1.807, 2.05) is 12.2 Å². The predicted octanol–water partition coefficient (Wildman–Crippen LogP) is 3.62. The van der Waals surface area contributed by atoms with Crippen molar-refractivity contribution in [1.82, 2.24) is 10.9 Å². The second kappa shape index (κ2) is 9.43. The van der Waals surface area contributed by atoms with Gasteiger partial charge in [0.15, 0.2) is 0 Å². The Bertz CT molecular complexity index is 1150. The molecule has 3 N–H and O–H groups in total. The van der Waals surface area contributed by atoms with Crippen LogP contribution in [0.5, 0.6) is 0 Å². The number of benzene rings is 2. The van der Waals surface area contributed by atoms with E-state index < -0.39 is 27.7 Å². The Morgan fingerprint density at radius 1 is 1.03 bits per heavy atom. The van der Waals surface area contributed by atoms with E-state index in [2.05, 4.69) is 15.6 Å². The average molecular weight is 467 g/mol. The largest absolute Gasteiger partial charge is 0.416 e. The lowest BCUT2D eigenvalue weighted by atomic mass is 10.1. The first-order chi connectivity index (χ1) is 15.0. The number of anilines is 1. The number of sulfonamides is 1. The molecule has 0 saturated heterocycles. The molecule has 1 unspecified atom stereocenters. The van der Waals surface area contributed by atoms with Gasteiger partial charge in [-0.3, -0.25) is 25.2 Å². The van der Waals surface area contributed by atoms with Crippen LogP contribution in [0.15, 0.2) is 65.6 Å². The predicted molar refractivity (Wildman–Crippen MR) is 111 cm³/mol. The van der Waals surface area contributed by atoms with Crippen LogP contribution >= 0.6 is 0 Å². The molecule has 11 heteroatoms. The topological polar surface area (TPSA) is 104 Å². The zero-order chi connectivity index (χ0) is 23.4. The van der Waals surface area contributed by atoms with E-state index in [4.69, 9.17) is 0 Å². The van der Waals surface area contributed by atoms with Crippen molar-refractivity contribution in [2.24, 2.45) is 5.92 Å². The SMILES string of the molecule is O=C(CC1C=CCC1)NNC(=O)c1cccc(S(=O)(=O)Nc2cccc(C(F)(F)F)c2)c1. The van der Waals surface area contributed by atoms with Crippen molar-refractivity contribution in [2.75, 3.05) is 4.72 Å². The standard InChI is InChI=1S/C21H20F3N3O4S/c22-21(23,24)16-8-4-9-17(13-16)27-32(30,31)18-10-3-7-15(12-18)20(29)26-25-19(28)11-14-5-1-2-6-14/h1,3-5,7-10,12-14,27H,2,6,11H2,(H,25,28)(H,26,29). The van der Waals surface area contributed by atoms with Gasteiger partial charge in [0.1, 0.15) is 0 Å². The van der Waals surface area contributed by atoms with Crippen LogP contribution in [-0.2, 0) is 21.0 Å². The molecular formula is C21H20F3N3O4S. The number of hydrazine groups is 1. The molecule has 1 aliphatic carbocycles. The van der Waals surface area contributed by atoms with Crippen LogP contribution in [0.3, 0.4) is 0 Å². The molecule has 0 fully saturated rings. The van der Waals surface area contributed by atoms with Crippen LogP contribution in [0, 0.1) is 5.92 Å². The van der Waals surface area contributed by atoms with E-state index >= 15 is 0 Å². The quantitative estimate of drug-likeness (QED) is 0.446. The maximum Gasteiger partial charge on any atom is 0.416 e. The molecule has 0 aromatic heterocycles. The second-order valence-corrected chi connectivity index (χ2v) is 8.87. The minimum Gasteiger partial charge on any atom is -0.280 e. The van der Waals surface area contributed by atoms with E-state index in [1.165, 1.54) is 24.3 Å². The van der Waals surface area contributed by atoms with E-state index in [1.54, 1.807) is 0 Å². The summed E-state index contributed by atoms with van der Waals surface area (Å²) in [6.07, 6.45) is 1.27. The highest BCUT2D eigenvalue weighted by molar-refractivity contribution is 7.92. The molecule has 3 rings (SSSR count). The summed E-state index contributed by atoms with van der Waals surface area (Å²) in [5, 5.41) is 0. The summed E-state index contributed by atoms with van der Waals surface area (Å²) < 4.78 is 65.8. The van der Waals surface area contributed by atoms with E-state index in [-0.39, 0.29) is 34.4 Å². The molecule has 0 saturated carbocycles. The molecule has 170 valence electrons. The van der Waals surface area contributed by atoms with Crippen LogP contribution in [0.25, 0.3) is 0 Å². The summed E-state index contributed by atoms with van der Waals surface area (Å²) in [5.74, 6) is -1.01. The second-order valence-electron chi connectivity index (χ2n) is 7.18. The molecule has 7 nitrogen and oxygen atoms in total. The minimum absolute atomic E-state index is 0.0574. The van der Waals surface area contributed by atoms with Gasteiger partial charge in [0.25, 0.3) is 15.9 Å². The number of rotatable bonds is 6. The van der Waals surface area contributed by atoms with Gasteiger partial charge in [-0.25, -0.2) is 8.42 Å². The molecule has 2 aromatic rings. The first-order valence-electron chi connectivity index (χ1n) is 9.60. The molecule has 1 aliphatic rings. The van der Waals surface area contributed by atoms with E-state index in [0.29, 0.717) is 6.07 Å². The van der Waals surface area contributed by atoms with Crippen LogP contribution in [0.4, 0.5) is 18.9 Å². The summed E-state index contributed by atoms with van der Waals surface area (Å²) >= 11 is 0. The van der Waals surface area contributed by atoms with Crippen LogP contribution in [-0.4, -0.2) is 20.2 Å². The zero-order valence-corrected chi connectivity index (χ0v) is 17.5. The molecule has 0 bridgehead atoms. The van der Waals surface area contributed by atoms with Crippen molar-refractivity contribution >= 4 is 27.5 Å². The van der Waals surface area contributed by atoms with Gasteiger partial charge in [-0.05, 0) is 55.2 Å². The van der Waals surface area contributed by atoms with Crippen molar-refractivity contribution in [2.45, 2.75) is 30.3 Å². The number of allylic oxidation sites excluding steroid dienone is 2. The maximum atomic E-state index is 12.9. The zero-order valence-electron chi connectivity index (χ0n) is 16.6. The number of nitrogens with one attached hydrogen (secondary N) is 3. The third-order valence-electron chi connectivity index (χ3n) is 4.72. The van der Waals surface area contributed by atoms with E-state index in [0.717, 1.165) is 31.0 Å². The lowest BCUT2D eigenvalue weighted by Gasteiger charge is -2.12. The van der Waals surface area contributed by atoms with Crippen LogP contribution < -0.4 is 15.6 Å². The molecule has 0 aliphatic heterocycles. The molecule has 32 heavy (non-hydrogen) atoms. The third kappa shape index (κ3) is 6.10. The van der Waals surface area contributed by atoms with Crippen LogP contribution in [0.1, 0.15) is 35.2 Å². The molecule has 1 atom stereocenters. The van der Waals surface area contributed by atoms with Crippen LogP contribution in [0.2, 0.25) is 0 Å². The van der Waals surface area contributed by atoms with Crippen molar-refractivity contribution in [3.63, 3.8) is 0 Å². The van der Waals surface area contributed by atoms with Crippen molar-refractivity contribution in [1.29, 1.82) is 0 Å². The maximum absolute atomic E-state index is 12.9. The van der Waals surface area contributed by atoms with Gasteiger partial charge in [0.2, 0.25) is 5.91 Å². The molecule has 0 radical (unpaired) electrons. The lowest BCUT2D eigenvalue weighted by Crippen LogP contribution is -2.42. The number of alkyl halides is 3. The van der Waals surface area contributed by atoms with Crippen molar-refractivity contribution < 1.29 is 31.2 Å². The number of hydrogen-bond donors (Lipinski definition) is 3. The monoisotopic (exact) mass is 467 g/mol. The Hall–Kier alpha value is -3.34. The molecule has 2 aromatic carbocycles. The summed E-state index contributed by atoms with van der Waals surface area (Å²) in [5.41, 5.74) is 3.17. The summed E-state index contributed by atoms with van der Waals surface area (Å²) in [6.45, 7) is 0. The number of halogens is 3. The fourth-order valence-corrected chi connectivity index (χ4v) is 4.23. The summed E-state index contributed by atoms with van der Waals surface area (Å²) in [6, 6.07) is 8.64. The number of amides is 2. The third-order valence-corrected chi connectivity index (χ3v) is 6.10. The number of carbonyl (C=O) groups excluding carboxylic acids is 2. The Labute approximate surface area is 182 Å². The highest BCUT2D eigenvalue weighted by Gasteiger charge is 2.30. The van der Waals surface area contributed by atoms with E-state index in [9.17, 15) is 31.2 Å². The molecule has 0 spiro atoms. The van der Waals surface area contributed by atoms with Gasteiger partial charge in [0.05, 0.1) is 10.5 Å². The fourth-order valence-electron chi connectivity index (χ4n) is 3.13. The Balaban J connectivity index is 1.67. The highest BCUT2D eigenvalue weighted by Crippen LogP contribution is 2.31. The average Bonchev–Trinajstić information content (AvgIpc) is 3.24. The number of carbonyl (C=O) groups is 2. The lowest BCUT2D eigenvalue weighted by molar-refractivity contribution is -0.137. The molecular weight excluding hydrogens is 447 g/mol. The first kappa shape index (κ1) is 23.3. The van der Waals surface area contributed by atoms with Gasteiger partial charge in [-0.1, -0.05) is 24.3 Å². The van der Waals surface area contributed by atoms with Crippen molar-refractivity contribution in [3.05, 3.63) is 71.8 Å². The Morgan fingerprint density at radius 3 is 2.47 bits per heavy atom. The highest BCUT2D eigenvalue weighted by atomic mass is 32.2. The van der Waals surface area contributed by atoms with Gasteiger partial charge in [-0.2, -0.15) is 13.2 Å². The minimum atomic E-state index is -4.63. The van der Waals surface area contributed by atoms with Crippen molar-refractivity contribution in [3.8, 4) is 0 Å². The molecule has 2 amide bonds. The summed E-state index contributed by atoms with van der Waals surface area (Å²) in [7, 11) is -4.27. The van der Waals surface area contributed by atoms with Gasteiger partial charge in [0, 0.05) is 17.7 Å². The van der Waals surface area contributed by atoms with Gasteiger partial charge < -0.3 is 0 Å². The molecule has 0 heterocycles. The Kier molecular flexibility index (Phi) is 6.87. The van der Waals surface area contributed by atoms with Gasteiger partial charge >= 0.3 is 6.18 Å². The fraction of sp³-hybridized carbons (Fsp3) is 0.238. The Morgan fingerprint density at radius 2 is 1.78 bits per heavy atom. The number of hydrogen-bond acceptors (Lipinski definition) is 4. The normalized spacial score (nSPS) is 15.9.